The average molecular weight is 373 g/mol. The van der Waals surface area contributed by atoms with Crippen molar-refractivity contribution in [3.63, 3.8) is 0 Å². The number of rotatable bonds is 4. The lowest BCUT2D eigenvalue weighted by Crippen LogP contribution is -2.52. The van der Waals surface area contributed by atoms with Crippen molar-refractivity contribution in [1.29, 1.82) is 0 Å². The maximum Gasteiger partial charge on any atom is 0.261 e. The van der Waals surface area contributed by atoms with E-state index in [1.54, 1.807) is 35.2 Å². The maximum absolute atomic E-state index is 12.8. The molecule has 7 heteroatoms. The van der Waals surface area contributed by atoms with Crippen molar-refractivity contribution in [3.05, 3.63) is 59.7 Å². The number of hydrogen-bond donors (Lipinski definition) is 2. The Morgan fingerprint density at radius 2 is 1.96 bits per heavy atom. The van der Waals surface area contributed by atoms with Gasteiger partial charge in [0, 0.05) is 36.9 Å². The quantitative estimate of drug-likeness (QED) is 0.861. The van der Waals surface area contributed by atoms with Crippen LogP contribution in [0.25, 0.3) is 0 Å². The molecular formula is C19H23N3O3S. The molecule has 1 heterocycles. The molecule has 0 bridgehead atoms. The Morgan fingerprint density at radius 3 is 2.69 bits per heavy atom. The zero-order valence-electron chi connectivity index (χ0n) is 14.9. The molecule has 0 radical (unpaired) electrons. The Hall–Kier alpha value is -2.38. The van der Waals surface area contributed by atoms with Crippen molar-refractivity contribution >= 4 is 21.6 Å². The Labute approximate surface area is 154 Å². The number of nitrogens with zero attached hydrogens (tertiary/aromatic N) is 1. The van der Waals surface area contributed by atoms with Crippen LogP contribution in [-0.4, -0.2) is 44.9 Å². The number of piperazine rings is 1. The van der Waals surface area contributed by atoms with Crippen molar-refractivity contribution in [2.24, 2.45) is 0 Å². The molecule has 2 aromatic rings. The minimum Gasteiger partial charge on any atom is -0.333 e. The lowest BCUT2D eigenvalue weighted by Gasteiger charge is -2.34. The van der Waals surface area contributed by atoms with Gasteiger partial charge in [0.05, 0.1) is 4.90 Å². The van der Waals surface area contributed by atoms with Gasteiger partial charge in [0.2, 0.25) is 0 Å². The molecule has 26 heavy (non-hydrogen) atoms. The normalized spacial score (nSPS) is 17.8. The number of sulfonamides is 1. The van der Waals surface area contributed by atoms with E-state index in [2.05, 4.69) is 10.0 Å². The lowest BCUT2D eigenvalue weighted by molar-refractivity contribution is 0.0655. The third-order valence-corrected chi connectivity index (χ3v) is 5.80. The van der Waals surface area contributed by atoms with Crippen molar-refractivity contribution in [2.75, 3.05) is 24.4 Å². The highest BCUT2D eigenvalue weighted by Gasteiger charge is 2.25. The van der Waals surface area contributed by atoms with E-state index in [0.29, 0.717) is 17.8 Å². The van der Waals surface area contributed by atoms with Gasteiger partial charge in [0.1, 0.15) is 0 Å². The molecule has 0 unspecified atom stereocenters. The van der Waals surface area contributed by atoms with Crippen LogP contribution < -0.4 is 10.0 Å². The van der Waals surface area contributed by atoms with Gasteiger partial charge in [-0.25, -0.2) is 8.42 Å². The topological polar surface area (TPSA) is 78.5 Å². The largest absolute Gasteiger partial charge is 0.333 e. The number of hydrogen-bond acceptors (Lipinski definition) is 4. The van der Waals surface area contributed by atoms with Gasteiger partial charge in [-0.3, -0.25) is 9.52 Å². The first-order valence-electron chi connectivity index (χ1n) is 8.58. The highest BCUT2D eigenvalue weighted by molar-refractivity contribution is 7.92. The van der Waals surface area contributed by atoms with Crippen LogP contribution in [-0.2, 0) is 10.0 Å². The summed E-state index contributed by atoms with van der Waals surface area (Å²) in [5.41, 5.74) is 1.84. The molecule has 2 aromatic carbocycles. The van der Waals surface area contributed by atoms with Crippen LogP contribution in [0.1, 0.15) is 22.8 Å². The first-order chi connectivity index (χ1) is 12.4. The molecule has 0 aliphatic carbocycles. The molecule has 3 rings (SSSR count). The SMILES string of the molecule is Cc1cccc(NS(=O)(=O)c2cccc(C(=O)N3CCNC[C@@H]3C)c2)c1. The van der Waals surface area contributed by atoms with E-state index in [9.17, 15) is 13.2 Å². The predicted molar refractivity (Wildman–Crippen MR) is 102 cm³/mol. The fourth-order valence-corrected chi connectivity index (χ4v) is 4.12. The van der Waals surface area contributed by atoms with E-state index < -0.39 is 10.0 Å². The Balaban J connectivity index is 1.85. The summed E-state index contributed by atoms with van der Waals surface area (Å²) in [6, 6.07) is 13.4. The van der Waals surface area contributed by atoms with Gasteiger partial charge in [0.25, 0.3) is 15.9 Å². The molecule has 1 fully saturated rings. The monoisotopic (exact) mass is 373 g/mol. The van der Waals surface area contributed by atoms with E-state index in [0.717, 1.165) is 18.7 Å². The van der Waals surface area contributed by atoms with Crippen LogP contribution in [0.4, 0.5) is 5.69 Å². The van der Waals surface area contributed by atoms with Crippen LogP contribution >= 0.6 is 0 Å². The number of benzene rings is 2. The van der Waals surface area contributed by atoms with Crippen molar-refractivity contribution in [1.82, 2.24) is 10.2 Å². The predicted octanol–water partition coefficient (Wildman–Crippen LogP) is 2.23. The fraction of sp³-hybridized carbons (Fsp3) is 0.316. The number of amides is 1. The standard InChI is InChI=1S/C19H23N3O3S/c1-14-5-3-7-17(11-14)21-26(24,25)18-8-4-6-16(12-18)19(23)22-10-9-20-13-15(22)2/h3-8,11-12,15,20-21H,9-10,13H2,1-2H3/t15-/m0/s1. The third kappa shape index (κ3) is 4.05. The molecule has 1 aliphatic heterocycles. The zero-order valence-corrected chi connectivity index (χ0v) is 15.7. The van der Waals surface area contributed by atoms with Gasteiger partial charge < -0.3 is 10.2 Å². The lowest BCUT2D eigenvalue weighted by atomic mass is 10.1. The van der Waals surface area contributed by atoms with Gasteiger partial charge in [-0.1, -0.05) is 18.2 Å². The molecule has 2 N–H and O–H groups in total. The fourth-order valence-electron chi connectivity index (χ4n) is 3.03. The molecule has 0 saturated carbocycles. The summed E-state index contributed by atoms with van der Waals surface area (Å²) in [6.45, 7) is 5.95. The first-order valence-corrected chi connectivity index (χ1v) is 10.1. The summed E-state index contributed by atoms with van der Waals surface area (Å²) in [4.78, 5) is 14.6. The summed E-state index contributed by atoms with van der Waals surface area (Å²) in [5, 5.41) is 3.24. The minimum absolute atomic E-state index is 0.0712. The maximum atomic E-state index is 12.8. The summed E-state index contributed by atoms with van der Waals surface area (Å²) in [7, 11) is -3.76. The van der Waals surface area contributed by atoms with Gasteiger partial charge in [-0.15, -0.1) is 0 Å². The van der Waals surface area contributed by atoms with Gasteiger partial charge in [-0.2, -0.15) is 0 Å². The molecule has 1 saturated heterocycles. The van der Waals surface area contributed by atoms with Gasteiger partial charge in [0.15, 0.2) is 0 Å². The molecule has 0 aromatic heterocycles. The Morgan fingerprint density at radius 1 is 1.19 bits per heavy atom. The Kier molecular flexibility index (Phi) is 5.29. The van der Waals surface area contributed by atoms with Crippen LogP contribution in [0.5, 0.6) is 0 Å². The smallest absolute Gasteiger partial charge is 0.261 e. The third-order valence-electron chi connectivity index (χ3n) is 4.42. The molecule has 1 atom stereocenters. The molecule has 0 spiro atoms. The molecule has 1 amide bonds. The highest BCUT2D eigenvalue weighted by atomic mass is 32.2. The second kappa shape index (κ2) is 7.47. The van der Waals surface area contributed by atoms with Crippen molar-refractivity contribution in [3.8, 4) is 0 Å². The second-order valence-electron chi connectivity index (χ2n) is 6.55. The second-order valence-corrected chi connectivity index (χ2v) is 8.24. The van der Waals surface area contributed by atoms with Crippen molar-refractivity contribution < 1.29 is 13.2 Å². The average Bonchev–Trinajstić information content (AvgIpc) is 2.61. The number of aryl methyl sites for hydroxylation is 1. The van der Waals surface area contributed by atoms with Crippen LogP contribution in [0.3, 0.4) is 0 Å². The van der Waals surface area contributed by atoms with E-state index >= 15 is 0 Å². The molecule has 6 nitrogen and oxygen atoms in total. The molecule has 1 aliphatic rings. The number of carbonyl (C=O) groups is 1. The van der Waals surface area contributed by atoms with Crippen LogP contribution in [0.15, 0.2) is 53.4 Å². The van der Waals surface area contributed by atoms with E-state index in [-0.39, 0.29) is 16.8 Å². The number of carbonyl (C=O) groups excluding carboxylic acids is 1. The number of anilines is 1. The summed E-state index contributed by atoms with van der Waals surface area (Å²) < 4.78 is 27.9. The van der Waals surface area contributed by atoms with E-state index in [1.807, 2.05) is 19.9 Å². The Bertz CT molecular complexity index is 912. The van der Waals surface area contributed by atoms with Gasteiger partial charge >= 0.3 is 0 Å². The number of nitrogens with one attached hydrogen (secondary N) is 2. The van der Waals surface area contributed by atoms with E-state index in [4.69, 9.17) is 0 Å². The van der Waals surface area contributed by atoms with Crippen LogP contribution in [0.2, 0.25) is 0 Å². The summed E-state index contributed by atoms with van der Waals surface area (Å²) in [5.74, 6) is -0.147. The molecule has 138 valence electrons. The summed E-state index contributed by atoms with van der Waals surface area (Å²) >= 11 is 0. The van der Waals surface area contributed by atoms with Crippen molar-refractivity contribution in [2.45, 2.75) is 24.8 Å². The first kappa shape index (κ1) is 18.4. The van der Waals surface area contributed by atoms with Gasteiger partial charge in [-0.05, 0) is 49.7 Å². The molecular weight excluding hydrogens is 350 g/mol. The zero-order chi connectivity index (χ0) is 18.7. The summed E-state index contributed by atoms with van der Waals surface area (Å²) in [6.07, 6.45) is 0. The highest BCUT2D eigenvalue weighted by Crippen LogP contribution is 2.19. The van der Waals surface area contributed by atoms with E-state index in [1.165, 1.54) is 12.1 Å². The minimum atomic E-state index is -3.76. The van der Waals surface area contributed by atoms with Crippen LogP contribution in [0, 0.1) is 6.92 Å².